The smallest absolute Gasteiger partial charge is 0.250 e. The molecule has 2 aliphatic heterocycles. The minimum absolute atomic E-state index is 0.0230. The van der Waals surface area contributed by atoms with Gasteiger partial charge in [-0.3, -0.25) is 4.79 Å². The van der Waals surface area contributed by atoms with Gasteiger partial charge in [-0.25, -0.2) is 4.68 Å². The van der Waals surface area contributed by atoms with Gasteiger partial charge in [-0.15, -0.1) is 0 Å². The molecule has 1 N–H and O–H groups in total. The van der Waals surface area contributed by atoms with Gasteiger partial charge in [-0.2, -0.15) is 5.10 Å². The monoisotopic (exact) mass is 475 g/mol. The number of ether oxygens (including phenoxy) is 1. The third-order valence-corrected chi connectivity index (χ3v) is 12.2. The largest absolute Gasteiger partial charge is 0.415 e. The predicted octanol–water partition coefficient (Wildman–Crippen LogP) is 3.62. The minimum atomic E-state index is -1.90. The molecular weight excluding hydrogens is 434 g/mol. The molecular formula is C24H41N5O3Si. The number of aromatic nitrogens is 3. The summed E-state index contributed by atoms with van der Waals surface area (Å²) in [5.41, 5.74) is 1.68. The van der Waals surface area contributed by atoms with Crippen molar-refractivity contribution in [3.63, 3.8) is 0 Å². The van der Waals surface area contributed by atoms with E-state index in [1.54, 1.807) is 10.6 Å². The second kappa shape index (κ2) is 9.17. The van der Waals surface area contributed by atoms with Crippen molar-refractivity contribution < 1.29 is 9.16 Å². The van der Waals surface area contributed by atoms with E-state index < -0.39 is 8.32 Å². The fraction of sp³-hybridized carbons (Fsp3) is 0.750. The lowest BCUT2D eigenvalue weighted by Gasteiger charge is -2.44. The molecule has 8 nitrogen and oxygen atoms in total. The van der Waals surface area contributed by atoms with Crippen LogP contribution in [0.15, 0.2) is 16.9 Å². The molecule has 0 amide bonds. The summed E-state index contributed by atoms with van der Waals surface area (Å²) in [6, 6.07) is 3.91. The topological polar surface area (TPSA) is 73.6 Å². The number of pyridine rings is 1. The van der Waals surface area contributed by atoms with Gasteiger partial charge in [0.1, 0.15) is 11.0 Å². The fourth-order valence-corrected chi connectivity index (χ4v) is 5.55. The molecule has 0 bridgehead atoms. The molecule has 4 heterocycles. The summed E-state index contributed by atoms with van der Waals surface area (Å²) >= 11 is 0. The van der Waals surface area contributed by atoms with Gasteiger partial charge in [-0.1, -0.05) is 20.8 Å². The Balaban J connectivity index is 1.78. The maximum atomic E-state index is 12.6. The summed E-state index contributed by atoms with van der Waals surface area (Å²) < 4.78 is 16.6. The number of nitrogens with one attached hydrogen (secondary N) is 1. The molecule has 2 aromatic rings. The molecule has 1 unspecified atom stereocenters. The van der Waals surface area contributed by atoms with Gasteiger partial charge in [0.05, 0.1) is 12.6 Å². The van der Waals surface area contributed by atoms with Crippen LogP contribution in [0.2, 0.25) is 18.1 Å². The highest BCUT2D eigenvalue weighted by atomic mass is 28.4. The third-order valence-electron chi connectivity index (χ3n) is 7.69. The summed E-state index contributed by atoms with van der Waals surface area (Å²) in [5.74, 6) is 0.981. The van der Waals surface area contributed by atoms with Crippen LogP contribution in [0.5, 0.6) is 0 Å². The van der Waals surface area contributed by atoms with E-state index in [4.69, 9.17) is 14.3 Å². The quantitative estimate of drug-likeness (QED) is 0.666. The van der Waals surface area contributed by atoms with Crippen molar-refractivity contribution in [2.75, 3.05) is 31.2 Å². The van der Waals surface area contributed by atoms with Gasteiger partial charge in [0.2, 0.25) is 0 Å². The second-order valence-electron chi connectivity index (χ2n) is 11.2. The summed E-state index contributed by atoms with van der Waals surface area (Å²) in [6.07, 6.45) is 3.03. The molecule has 9 heteroatoms. The van der Waals surface area contributed by atoms with Crippen LogP contribution < -0.4 is 15.8 Å². The van der Waals surface area contributed by atoms with Crippen molar-refractivity contribution in [1.82, 2.24) is 19.7 Å². The van der Waals surface area contributed by atoms with E-state index in [1.807, 2.05) is 17.8 Å². The SMILES string of the molecule is C[C@@H]1CN(c2c3c(ccc(=O)n3C)nn2C2CCCCO2)[C@@H](CO[Si](C)(C)C(C)(C)C)CN1. The zero-order valence-corrected chi connectivity index (χ0v) is 22.4. The number of piperazine rings is 1. The van der Waals surface area contributed by atoms with Gasteiger partial charge in [-0.05, 0) is 50.4 Å². The first-order chi connectivity index (χ1) is 15.5. The zero-order chi connectivity index (χ0) is 24.0. The van der Waals surface area contributed by atoms with Crippen molar-refractivity contribution in [2.45, 2.75) is 83.4 Å². The number of hydrogen-bond donors (Lipinski definition) is 1. The molecule has 0 radical (unpaired) electrons. The Labute approximate surface area is 198 Å². The van der Waals surface area contributed by atoms with Crippen LogP contribution in [0, 0.1) is 0 Å². The van der Waals surface area contributed by atoms with Crippen LogP contribution in [-0.2, 0) is 16.2 Å². The highest BCUT2D eigenvalue weighted by Gasteiger charge is 2.40. The summed E-state index contributed by atoms with van der Waals surface area (Å²) in [4.78, 5) is 15.0. The first kappa shape index (κ1) is 24.4. The summed E-state index contributed by atoms with van der Waals surface area (Å²) in [6.45, 7) is 16.7. The molecule has 3 atom stereocenters. The van der Waals surface area contributed by atoms with Crippen molar-refractivity contribution in [2.24, 2.45) is 7.05 Å². The van der Waals surface area contributed by atoms with Crippen LogP contribution in [0.3, 0.4) is 0 Å². The van der Waals surface area contributed by atoms with Crippen molar-refractivity contribution in [3.8, 4) is 0 Å². The lowest BCUT2D eigenvalue weighted by atomic mass is 10.1. The van der Waals surface area contributed by atoms with Gasteiger partial charge in [0.15, 0.2) is 20.4 Å². The van der Waals surface area contributed by atoms with Crippen molar-refractivity contribution >= 4 is 25.2 Å². The molecule has 0 saturated carbocycles. The summed E-state index contributed by atoms with van der Waals surface area (Å²) in [5, 5.41) is 8.75. The number of rotatable bonds is 5. The number of anilines is 1. The molecule has 2 fully saturated rings. The molecule has 33 heavy (non-hydrogen) atoms. The molecule has 0 aromatic carbocycles. The number of aryl methyl sites for hydroxylation is 1. The Morgan fingerprint density at radius 1 is 1.27 bits per heavy atom. The first-order valence-corrected chi connectivity index (χ1v) is 15.2. The third kappa shape index (κ3) is 4.78. The van der Waals surface area contributed by atoms with Crippen LogP contribution in [0.25, 0.3) is 11.0 Å². The van der Waals surface area contributed by atoms with E-state index in [0.717, 1.165) is 55.8 Å². The fourth-order valence-electron chi connectivity index (χ4n) is 4.51. The molecule has 2 aliphatic rings. The maximum Gasteiger partial charge on any atom is 0.250 e. The number of hydrogen-bond acceptors (Lipinski definition) is 6. The second-order valence-corrected chi connectivity index (χ2v) is 16.0. The van der Waals surface area contributed by atoms with E-state index in [9.17, 15) is 4.79 Å². The number of fused-ring (bicyclic) bond motifs is 1. The highest BCUT2D eigenvalue weighted by molar-refractivity contribution is 6.74. The minimum Gasteiger partial charge on any atom is -0.415 e. The summed E-state index contributed by atoms with van der Waals surface area (Å²) in [7, 11) is -0.0545. The highest BCUT2D eigenvalue weighted by Crippen LogP contribution is 2.38. The van der Waals surface area contributed by atoms with E-state index >= 15 is 0 Å². The molecule has 184 valence electrons. The van der Waals surface area contributed by atoms with Gasteiger partial charge in [0.25, 0.3) is 5.56 Å². The Hall–Kier alpha value is -1.68. The van der Waals surface area contributed by atoms with E-state index in [2.05, 4.69) is 51.0 Å². The standard InChI is InChI=1S/C24H41N5O3Si/c1-17-15-28(18(14-25-17)16-32-33(6,7)24(2,3)4)23-22-19(11-12-20(30)27(22)5)26-29(23)21-10-8-9-13-31-21/h11-12,17-18,21,25H,8-10,13-16H2,1-7H3/t17-,18-,21?/m1/s1. The molecule has 2 aromatic heterocycles. The normalized spacial score (nSPS) is 25.1. The Morgan fingerprint density at radius 2 is 2.03 bits per heavy atom. The Morgan fingerprint density at radius 3 is 2.70 bits per heavy atom. The van der Waals surface area contributed by atoms with E-state index in [0.29, 0.717) is 12.6 Å². The first-order valence-electron chi connectivity index (χ1n) is 12.3. The van der Waals surface area contributed by atoms with Gasteiger partial charge >= 0.3 is 0 Å². The molecule has 0 aliphatic carbocycles. The van der Waals surface area contributed by atoms with E-state index in [-0.39, 0.29) is 22.9 Å². The zero-order valence-electron chi connectivity index (χ0n) is 21.4. The lowest BCUT2D eigenvalue weighted by Crippen LogP contribution is -2.59. The Kier molecular flexibility index (Phi) is 6.79. The van der Waals surface area contributed by atoms with Crippen molar-refractivity contribution in [3.05, 3.63) is 22.5 Å². The molecule has 2 saturated heterocycles. The Bertz CT molecular complexity index is 1040. The van der Waals surface area contributed by atoms with Crippen LogP contribution in [0.4, 0.5) is 5.82 Å². The average molecular weight is 476 g/mol. The van der Waals surface area contributed by atoms with Crippen molar-refractivity contribution in [1.29, 1.82) is 0 Å². The molecule has 0 spiro atoms. The number of nitrogens with zero attached hydrogens (tertiary/aromatic N) is 4. The van der Waals surface area contributed by atoms with Gasteiger partial charge in [0, 0.05) is 38.9 Å². The van der Waals surface area contributed by atoms with Crippen LogP contribution in [0.1, 0.15) is 53.2 Å². The molecule has 4 rings (SSSR count). The predicted molar refractivity (Wildman–Crippen MR) is 136 cm³/mol. The van der Waals surface area contributed by atoms with Gasteiger partial charge < -0.3 is 23.9 Å². The average Bonchev–Trinajstić information content (AvgIpc) is 3.15. The lowest BCUT2D eigenvalue weighted by molar-refractivity contribution is -0.0384. The van der Waals surface area contributed by atoms with Crippen LogP contribution >= 0.6 is 0 Å². The maximum absolute atomic E-state index is 12.6. The van der Waals surface area contributed by atoms with Crippen LogP contribution in [-0.4, -0.2) is 61.1 Å². The van der Waals surface area contributed by atoms with E-state index in [1.165, 1.54) is 0 Å².